The quantitative estimate of drug-likeness (QED) is 0.825. The molecule has 0 unspecified atom stereocenters. The van der Waals surface area contributed by atoms with Crippen LogP contribution in [0.15, 0.2) is 36.5 Å². The van der Waals surface area contributed by atoms with Crippen molar-refractivity contribution >= 4 is 5.91 Å². The van der Waals surface area contributed by atoms with Crippen molar-refractivity contribution in [3.05, 3.63) is 47.8 Å². The van der Waals surface area contributed by atoms with Crippen molar-refractivity contribution in [2.75, 3.05) is 34.0 Å². The molecule has 2 aromatic rings. The molecule has 1 aliphatic heterocycles. The zero-order valence-corrected chi connectivity index (χ0v) is 16.2. The van der Waals surface area contributed by atoms with Gasteiger partial charge in [-0.25, -0.2) is 0 Å². The largest absolute Gasteiger partial charge is 0.493 e. The summed E-state index contributed by atoms with van der Waals surface area (Å²) in [5.41, 5.74) is 1.53. The van der Waals surface area contributed by atoms with Crippen LogP contribution in [0.3, 0.4) is 0 Å². The van der Waals surface area contributed by atoms with Crippen LogP contribution >= 0.6 is 0 Å². The summed E-state index contributed by atoms with van der Waals surface area (Å²) in [5.74, 6) is 1.15. The summed E-state index contributed by atoms with van der Waals surface area (Å²) in [7, 11) is 3.16. The van der Waals surface area contributed by atoms with Gasteiger partial charge in [0.1, 0.15) is 11.8 Å². The highest BCUT2D eigenvalue weighted by atomic mass is 16.5. The molecule has 150 valence electrons. The van der Waals surface area contributed by atoms with E-state index in [4.69, 9.17) is 14.2 Å². The third kappa shape index (κ3) is 3.36. The van der Waals surface area contributed by atoms with E-state index in [0.717, 1.165) is 18.4 Å². The van der Waals surface area contributed by atoms with Gasteiger partial charge < -0.3 is 28.8 Å². The monoisotopic (exact) mass is 386 g/mol. The molecule has 2 aliphatic rings. The molecule has 1 aromatic heterocycles. The summed E-state index contributed by atoms with van der Waals surface area (Å²) in [6.07, 6.45) is 3.69. The summed E-state index contributed by atoms with van der Waals surface area (Å²) < 4.78 is 18.6. The molecular formula is C21H26N2O5. The van der Waals surface area contributed by atoms with E-state index in [0.29, 0.717) is 36.4 Å². The number of rotatable bonds is 6. The fourth-order valence-electron chi connectivity index (χ4n) is 3.94. The van der Waals surface area contributed by atoms with Gasteiger partial charge >= 0.3 is 0 Å². The summed E-state index contributed by atoms with van der Waals surface area (Å²) in [6, 6.07) is 9.35. The zero-order chi connectivity index (χ0) is 19.7. The maximum Gasteiger partial charge on any atom is 0.271 e. The van der Waals surface area contributed by atoms with Crippen LogP contribution in [0.2, 0.25) is 0 Å². The number of methoxy groups -OCH3 is 2. The zero-order valence-electron chi connectivity index (χ0n) is 16.2. The number of hydrogen-bond donors (Lipinski definition) is 1. The van der Waals surface area contributed by atoms with E-state index >= 15 is 0 Å². The van der Waals surface area contributed by atoms with Crippen LogP contribution in [0.25, 0.3) is 0 Å². The topological polar surface area (TPSA) is 73.2 Å². The van der Waals surface area contributed by atoms with Crippen molar-refractivity contribution < 1.29 is 24.1 Å². The van der Waals surface area contributed by atoms with Crippen molar-refractivity contribution in [2.24, 2.45) is 0 Å². The lowest BCUT2D eigenvalue weighted by atomic mass is 9.97. The number of hydrogen-bond acceptors (Lipinski definition) is 5. The van der Waals surface area contributed by atoms with Crippen LogP contribution in [0.1, 0.15) is 41.0 Å². The molecule has 0 bridgehead atoms. The minimum atomic E-state index is -0.500. The molecule has 2 heterocycles. The van der Waals surface area contributed by atoms with Crippen molar-refractivity contribution in [2.45, 2.75) is 31.0 Å². The molecule has 1 amide bonds. The fraction of sp³-hybridized carbons (Fsp3) is 0.476. The lowest BCUT2D eigenvalue weighted by Crippen LogP contribution is -2.49. The highest BCUT2D eigenvalue weighted by Gasteiger charge is 2.38. The van der Waals surface area contributed by atoms with E-state index in [2.05, 4.69) is 4.57 Å². The highest BCUT2D eigenvalue weighted by Crippen LogP contribution is 2.39. The number of amides is 1. The standard InChI is InChI=1S/C21H26N2O5/c1-26-17-8-5-14(12-18(17)27-2)20-19(13-24)28-11-10-23(20)21(25)16-4-3-9-22(16)15-6-7-15/h3-5,8-9,12,15,19-20,24H,6-7,10-11,13H2,1-2H3/t19-,20-/m0/s1. The van der Waals surface area contributed by atoms with Crippen molar-refractivity contribution in [3.8, 4) is 11.5 Å². The lowest BCUT2D eigenvalue weighted by molar-refractivity contribution is -0.0814. The van der Waals surface area contributed by atoms with Crippen LogP contribution in [-0.2, 0) is 4.74 Å². The van der Waals surface area contributed by atoms with Crippen LogP contribution in [0, 0.1) is 0 Å². The van der Waals surface area contributed by atoms with E-state index in [1.807, 2.05) is 36.5 Å². The normalized spacial score (nSPS) is 22.2. The Labute approximate surface area is 164 Å². The number of aliphatic hydroxyl groups is 1. The molecule has 1 aliphatic carbocycles. The number of aliphatic hydroxyl groups excluding tert-OH is 1. The molecule has 28 heavy (non-hydrogen) atoms. The van der Waals surface area contributed by atoms with Gasteiger partial charge in [-0.15, -0.1) is 0 Å². The second-order valence-corrected chi connectivity index (χ2v) is 7.18. The van der Waals surface area contributed by atoms with Crippen LogP contribution in [0.4, 0.5) is 0 Å². The lowest BCUT2D eigenvalue weighted by Gasteiger charge is -2.41. The summed E-state index contributed by atoms with van der Waals surface area (Å²) in [5, 5.41) is 9.91. The molecule has 0 radical (unpaired) electrons. The molecule has 7 nitrogen and oxygen atoms in total. The molecule has 2 atom stereocenters. The third-order valence-corrected chi connectivity index (χ3v) is 5.48. The average molecular weight is 386 g/mol. The molecule has 1 saturated carbocycles. The van der Waals surface area contributed by atoms with E-state index in [-0.39, 0.29) is 12.5 Å². The predicted octanol–water partition coefficient (Wildman–Crippen LogP) is 2.41. The Balaban J connectivity index is 1.70. The Bertz CT molecular complexity index is 845. The summed E-state index contributed by atoms with van der Waals surface area (Å²) in [4.78, 5) is 15.3. The Morgan fingerprint density at radius 1 is 1.21 bits per heavy atom. The second-order valence-electron chi connectivity index (χ2n) is 7.18. The smallest absolute Gasteiger partial charge is 0.271 e. The Morgan fingerprint density at radius 2 is 2.00 bits per heavy atom. The van der Waals surface area contributed by atoms with Gasteiger partial charge in [0.15, 0.2) is 11.5 Å². The molecular weight excluding hydrogens is 360 g/mol. The Kier molecular flexibility index (Phi) is 5.28. The van der Waals surface area contributed by atoms with E-state index in [9.17, 15) is 9.90 Å². The van der Waals surface area contributed by atoms with E-state index in [1.165, 1.54) is 0 Å². The van der Waals surface area contributed by atoms with Gasteiger partial charge in [0, 0.05) is 18.8 Å². The predicted molar refractivity (Wildman–Crippen MR) is 103 cm³/mol. The maximum absolute atomic E-state index is 13.4. The third-order valence-electron chi connectivity index (χ3n) is 5.48. The van der Waals surface area contributed by atoms with Gasteiger partial charge in [0.25, 0.3) is 5.91 Å². The highest BCUT2D eigenvalue weighted by molar-refractivity contribution is 5.93. The Morgan fingerprint density at radius 3 is 2.68 bits per heavy atom. The van der Waals surface area contributed by atoms with Crippen molar-refractivity contribution in [1.82, 2.24) is 9.47 Å². The molecule has 4 rings (SSSR count). The SMILES string of the molecule is COc1ccc([C@H]2[C@H](CO)OCCN2C(=O)c2cccn2C2CC2)cc1OC. The van der Waals surface area contributed by atoms with Gasteiger partial charge in [-0.3, -0.25) is 4.79 Å². The van der Waals surface area contributed by atoms with E-state index in [1.54, 1.807) is 19.1 Å². The number of ether oxygens (including phenoxy) is 3. The first-order valence-corrected chi connectivity index (χ1v) is 9.60. The maximum atomic E-state index is 13.4. The number of morpholine rings is 1. The average Bonchev–Trinajstić information content (AvgIpc) is 3.48. The molecule has 0 spiro atoms. The van der Waals surface area contributed by atoms with Crippen molar-refractivity contribution in [1.29, 1.82) is 0 Å². The van der Waals surface area contributed by atoms with Crippen LogP contribution in [0.5, 0.6) is 11.5 Å². The van der Waals surface area contributed by atoms with Gasteiger partial charge in [0.2, 0.25) is 0 Å². The molecule has 1 N–H and O–H groups in total. The molecule has 2 fully saturated rings. The first-order valence-electron chi connectivity index (χ1n) is 9.60. The van der Waals surface area contributed by atoms with Crippen molar-refractivity contribution in [3.63, 3.8) is 0 Å². The fourth-order valence-corrected chi connectivity index (χ4v) is 3.94. The summed E-state index contributed by atoms with van der Waals surface area (Å²) in [6.45, 7) is 0.682. The summed E-state index contributed by atoms with van der Waals surface area (Å²) >= 11 is 0. The first kappa shape index (κ1) is 18.8. The number of aromatic nitrogens is 1. The minimum Gasteiger partial charge on any atom is -0.493 e. The Hall–Kier alpha value is -2.51. The van der Waals surface area contributed by atoms with Crippen LogP contribution < -0.4 is 9.47 Å². The molecule has 1 saturated heterocycles. The number of benzene rings is 1. The first-order chi connectivity index (χ1) is 13.7. The van der Waals surface area contributed by atoms with Crippen LogP contribution in [-0.4, -0.2) is 60.6 Å². The van der Waals surface area contributed by atoms with Gasteiger partial charge in [0.05, 0.1) is 33.5 Å². The number of carbonyl (C=O) groups excluding carboxylic acids is 1. The second kappa shape index (κ2) is 7.85. The van der Waals surface area contributed by atoms with Gasteiger partial charge in [-0.1, -0.05) is 6.07 Å². The van der Waals surface area contributed by atoms with Gasteiger partial charge in [-0.2, -0.15) is 0 Å². The molecule has 7 heteroatoms. The number of carbonyl (C=O) groups is 1. The van der Waals surface area contributed by atoms with Gasteiger partial charge in [-0.05, 0) is 42.7 Å². The minimum absolute atomic E-state index is 0.0431. The van der Waals surface area contributed by atoms with E-state index < -0.39 is 12.1 Å². The molecule has 1 aromatic carbocycles. The number of nitrogens with zero attached hydrogens (tertiary/aromatic N) is 2.